The van der Waals surface area contributed by atoms with Crippen LogP contribution in [0, 0.1) is 0 Å². The first-order valence-corrected chi connectivity index (χ1v) is 4.97. The van der Waals surface area contributed by atoms with Gasteiger partial charge in [0.2, 0.25) is 0 Å². The Bertz CT molecular complexity index is 210. The second-order valence-corrected chi connectivity index (χ2v) is 3.57. The van der Waals surface area contributed by atoms with Gasteiger partial charge in [-0.2, -0.15) is 0 Å². The highest BCUT2D eigenvalue weighted by Crippen LogP contribution is 2.06. The molecule has 0 aliphatic rings. The van der Waals surface area contributed by atoms with Gasteiger partial charge in [-0.1, -0.05) is 23.3 Å². The van der Waals surface area contributed by atoms with Gasteiger partial charge in [-0.3, -0.25) is 0 Å². The summed E-state index contributed by atoms with van der Waals surface area (Å²) in [6.07, 6.45) is 7.17. The summed E-state index contributed by atoms with van der Waals surface area (Å²) in [4.78, 5) is 9.94. The molecule has 0 unspecified atom stereocenters. The number of aldehydes is 1. The molecule has 0 heterocycles. The number of hydrogen-bond acceptors (Lipinski definition) is 2. The van der Waals surface area contributed by atoms with E-state index >= 15 is 0 Å². The van der Waals surface area contributed by atoms with E-state index in [4.69, 9.17) is 4.74 Å². The van der Waals surface area contributed by atoms with E-state index < -0.39 is 0 Å². The molecule has 0 rings (SSSR count). The third-order valence-electron chi connectivity index (χ3n) is 1.83. The van der Waals surface area contributed by atoms with Crippen LogP contribution in [0.5, 0.6) is 0 Å². The molecule has 0 aliphatic heterocycles. The first-order valence-electron chi connectivity index (χ1n) is 4.97. The fraction of sp³-hybridized carbons (Fsp3) is 0.583. The Hall–Kier alpha value is -0.890. The van der Waals surface area contributed by atoms with E-state index in [0.717, 1.165) is 19.1 Å². The number of rotatable bonds is 7. The molecule has 0 atom stereocenters. The minimum absolute atomic E-state index is 0.192. The molecule has 0 aromatic carbocycles. The molecule has 2 heteroatoms. The third kappa shape index (κ3) is 9.20. The van der Waals surface area contributed by atoms with Crippen molar-refractivity contribution in [3.05, 3.63) is 23.3 Å². The van der Waals surface area contributed by atoms with Crippen molar-refractivity contribution in [3.8, 4) is 0 Å². The molecule has 0 amide bonds. The van der Waals surface area contributed by atoms with Gasteiger partial charge in [0.25, 0.3) is 0 Å². The van der Waals surface area contributed by atoms with Crippen molar-refractivity contribution in [1.29, 1.82) is 0 Å². The molecular weight excluding hydrogens is 176 g/mol. The highest BCUT2D eigenvalue weighted by atomic mass is 16.5. The summed E-state index contributed by atoms with van der Waals surface area (Å²) in [5.74, 6) is 0. The van der Waals surface area contributed by atoms with Crippen molar-refractivity contribution in [2.75, 3.05) is 13.2 Å². The minimum Gasteiger partial charge on any atom is -0.370 e. The van der Waals surface area contributed by atoms with Crippen LogP contribution in [0.3, 0.4) is 0 Å². The molecule has 80 valence electrons. The largest absolute Gasteiger partial charge is 0.370 e. The maximum Gasteiger partial charge on any atom is 0.145 e. The second kappa shape index (κ2) is 8.70. The Morgan fingerprint density at radius 2 is 1.86 bits per heavy atom. The maximum absolute atomic E-state index is 9.94. The zero-order valence-electron chi connectivity index (χ0n) is 9.38. The molecule has 0 bridgehead atoms. The van der Waals surface area contributed by atoms with Crippen LogP contribution in [0.1, 0.15) is 33.6 Å². The maximum atomic E-state index is 9.94. The molecule has 2 nitrogen and oxygen atoms in total. The fourth-order valence-electron chi connectivity index (χ4n) is 1.01. The minimum atomic E-state index is 0.192. The van der Waals surface area contributed by atoms with Crippen molar-refractivity contribution in [2.45, 2.75) is 33.6 Å². The molecule has 0 fully saturated rings. The lowest BCUT2D eigenvalue weighted by atomic mass is 10.1. The van der Waals surface area contributed by atoms with Crippen molar-refractivity contribution >= 4 is 6.29 Å². The van der Waals surface area contributed by atoms with Crippen molar-refractivity contribution < 1.29 is 9.53 Å². The Labute approximate surface area is 86.6 Å². The molecule has 0 N–H and O–H groups in total. The predicted molar refractivity (Wildman–Crippen MR) is 59.3 cm³/mol. The van der Waals surface area contributed by atoms with Crippen LogP contribution < -0.4 is 0 Å². The summed E-state index contributed by atoms with van der Waals surface area (Å²) >= 11 is 0. The van der Waals surface area contributed by atoms with Gasteiger partial charge in [0.15, 0.2) is 0 Å². The van der Waals surface area contributed by atoms with E-state index in [2.05, 4.69) is 26.8 Å². The second-order valence-electron chi connectivity index (χ2n) is 3.57. The van der Waals surface area contributed by atoms with Crippen molar-refractivity contribution in [3.63, 3.8) is 0 Å². The van der Waals surface area contributed by atoms with Gasteiger partial charge in [-0.05, 0) is 33.6 Å². The van der Waals surface area contributed by atoms with Gasteiger partial charge in [0, 0.05) is 0 Å². The Kier molecular flexibility index (Phi) is 8.14. The lowest BCUT2D eigenvalue weighted by Crippen LogP contribution is -1.95. The molecule has 0 aliphatic carbocycles. The first kappa shape index (κ1) is 13.1. The van der Waals surface area contributed by atoms with Crippen molar-refractivity contribution in [1.82, 2.24) is 0 Å². The number of carbonyl (C=O) groups is 1. The lowest BCUT2D eigenvalue weighted by molar-refractivity contribution is -0.111. The SMILES string of the molecule is CC(C)=CCC/C(C)=C\COCC=O. The van der Waals surface area contributed by atoms with Gasteiger partial charge in [-0.15, -0.1) is 0 Å². The summed E-state index contributed by atoms with van der Waals surface area (Å²) in [6.45, 7) is 7.03. The number of ether oxygens (including phenoxy) is 1. The molecule has 0 saturated heterocycles. The number of allylic oxidation sites excluding steroid dienone is 3. The fourth-order valence-corrected chi connectivity index (χ4v) is 1.01. The summed E-state index contributed by atoms with van der Waals surface area (Å²) in [7, 11) is 0. The van der Waals surface area contributed by atoms with E-state index in [1.54, 1.807) is 0 Å². The Morgan fingerprint density at radius 3 is 2.43 bits per heavy atom. The lowest BCUT2D eigenvalue weighted by Gasteiger charge is -1.99. The molecule has 0 aromatic rings. The quantitative estimate of drug-likeness (QED) is 0.355. The number of hydrogen-bond donors (Lipinski definition) is 0. The first-order chi connectivity index (χ1) is 6.66. The van der Waals surface area contributed by atoms with E-state index in [9.17, 15) is 4.79 Å². The average molecular weight is 196 g/mol. The van der Waals surface area contributed by atoms with Gasteiger partial charge in [-0.25, -0.2) is 0 Å². The van der Waals surface area contributed by atoms with E-state index in [1.807, 2.05) is 6.08 Å². The summed E-state index contributed by atoms with van der Waals surface area (Å²) in [5, 5.41) is 0. The van der Waals surface area contributed by atoms with Gasteiger partial charge in [0.05, 0.1) is 6.61 Å². The van der Waals surface area contributed by atoms with Crippen molar-refractivity contribution in [2.24, 2.45) is 0 Å². The zero-order valence-corrected chi connectivity index (χ0v) is 9.38. The van der Waals surface area contributed by atoms with Gasteiger partial charge in [0.1, 0.15) is 12.9 Å². The van der Waals surface area contributed by atoms with Crippen LogP contribution in [0.2, 0.25) is 0 Å². The molecule has 0 aromatic heterocycles. The Morgan fingerprint density at radius 1 is 1.14 bits per heavy atom. The summed E-state index contributed by atoms with van der Waals surface area (Å²) in [5.41, 5.74) is 2.67. The average Bonchev–Trinajstić information content (AvgIpc) is 2.12. The topological polar surface area (TPSA) is 26.3 Å². The highest BCUT2D eigenvalue weighted by molar-refractivity contribution is 5.50. The van der Waals surface area contributed by atoms with Gasteiger partial charge >= 0.3 is 0 Å². The molecule has 0 saturated carbocycles. The highest BCUT2D eigenvalue weighted by Gasteiger charge is 1.89. The zero-order chi connectivity index (χ0) is 10.8. The third-order valence-corrected chi connectivity index (χ3v) is 1.83. The van der Waals surface area contributed by atoms with Crippen LogP contribution in [0.25, 0.3) is 0 Å². The number of carbonyl (C=O) groups excluding carboxylic acids is 1. The van der Waals surface area contributed by atoms with Crippen LogP contribution in [0.4, 0.5) is 0 Å². The van der Waals surface area contributed by atoms with Crippen LogP contribution in [-0.4, -0.2) is 19.5 Å². The molecule has 0 radical (unpaired) electrons. The smallest absolute Gasteiger partial charge is 0.145 e. The van der Waals surface area contributed by atoms with E-state index in [1.165, 1.54) is 11.1 Å². The monoisotopic (exact) mass is 196 g/mol. The van der Waals surface area contributed by atoms with E-state index in [-0.39, 0.29) is 6.61 Å². The molecule has 14 heavy (non-hydrogen) atoms. The normalized spacial score (nSPS) is 11.2. The predicted octanol–water partition coefficient (Wildman–Crippen LogP) is 2.89. The van der Waals surface area contributed by atoms with E-state index in [0.29, 0.717) is 6.61 Å². The standard InChI is InChI=1S/C12H20O2/c1-11(2)5-4-6-12(3)7-9-14-10-8-13/h5,7-8H,4,6,9-10H2,1-3H3/b12-7-. The Balaban J connectivity index is 3.56. The van der Waals surface area contributed by atoms with Crippen LogP contribution >= 0.6 is 0 Å². The summed E-state index contributed by atoms with van der Waals surface area (Å²) in [6, 6.07) is 0. The molecule has 0 spiro atoms. The van der Waals surface area contributed by atoms with Crippen LogP contribution in [0.15, 0.2) is 23.3 Å². The van der Waals surface area contributed by atoms with Crippen LogP contribution in [-0.2, 0) is 9.53 Å². The van der Waals surface area contributed by atoms with Gasteiger partial charge < -0.3 is 9.53 Å². The summed E-state index contributed by atoms with van der Waals surface area (Å²) < 4.78 is 5.02. The molecular formula is C12H20O2.